The van der Waals surface area contributed by atoms with Crippen molar-refractivity contribution in [2.45, 2.75) is 32.6 Å². The minimum atomic E-state index is -0.819. The second-order valence-electron chi connectivity index (χ2n) is 8.02. The smallest absolute Gasteiger partial charge is 0.217 e. The Morgan fingerprint density at radius 2 is 2.00 bits per heavy atom. The lowest BCUT2D eigenvalue weighted by Gasteiger charge is -2.34. The number of nitrogens with one attached hydrogen (secondary N) is 1. The van der Waals surface area contributed by atoms with Crippen molar-refractivity contribution in [3.05, 3.63) is 29.8 Å². The number of carbonyl (C=O) groups is 1. The zero-order valence-electron chi connectivity index (χ0n) is 17.4. The highest BCUT2D eigenvalue weighted by molar-refractivity contribution is 14.0. The molecule has 1 aromatic carbocycles. The molecule has 2 fully saturated rings. The summed E-state index contributed by atoms with van der Waals surface area (Å²) < 4.78 is 26.7. The number of benzene rings is 1. The molecule has 2 heterocycles. The van der Waals surface area contributed by atoms with Gasteiger partial charge in [-0.25, -0.2) is 8.78 Å². The Labute approximate surface area is 194 Å². The monoisotopic (exact) mass is 535 g/mol. The van der Waals surface area contributed by atoms with E-state index in [0.717, 1.165) is 57.9 Å². The number of nitrogens with two attached hydrogens (primary N) is 1. The number of carbonyl (C=O) groups excluding carboxylic acids is 1. The van der Waals surface area contributed by atoms with E-state index in [1.54, 1.807) is 6.07 Å². The predicted molar refractivity (Wildman–Crippen MR) is 126 cm³/mol. The van der Waals surface area contributed by atoms with E-state index in [9.17, 15) is 13.6 Å². The van der Waals surface area contributed by atoms with Crippen molar-refractivity contribution in [2.24, 2.45) is 22.6 Å². The maximum atomic E-state index is 13.5. The summed E-state index contributed by atoms with van der Waals surface area (Å²) in [7, 11) is 0. The van der Waals surface area contributed by atoms with E-state index in [2.05, 4.69) is 15.1 Å². The van der Waals surface area contributed by atoms with E-state index in [1.807, 2.05) is 6.92 Å². The van der Waals surface area contributed by atoms with Gasteiger partial charge >= 0.3 is 0 Å². The average molecular weight is 535 g/mol. The fourth-order valence-electron chi connectivity index (χ4n) is 4.25. The Morgan fingerprint density at radius 1 is 1.20 bits per heavy atom. The number of halogens is 3. The van der Waals surface area contributed by atoms with Crippen LogP contribution in [0.4, 0.5) is 14.5 Å². The van der Waals surface area contributed by atoms with Crippen molar-refractivity contribution in [3.63, 3.8) is 0 Å². The van der Waals surface area contributed by atoms with E-state index < -0.39 is 11.6 Å². The van der Waals surface area contributed by atoms with Gasteiger partial charge in [0, 0.05) is 57.4 Å². The van der Waals surface area contributed by atoms with Crippen molar-refractivity contribution < 1.29 is 13.6 Å². The first-order valence-corrected chi connectivity index (χ1v) is 10.5. The third-order valence-corrected chi connectivity index (χ3v) is 5.70. The fraction of sp³-hybridized carbons (Fsp3) is 0.619. The van der Waals surface area contributed by atoms with Gasteiger partial charge in [0.25, 0.3) is 0 Å². The van der Waals surface area contributed by atoms with Gasteiger partial charge in [-0.1, -0.05) is 0 Å². The number of hydrogen-bond donors (Lipinski definition) is 2. The topological polar surface area (TPSA) is 74.0 Å². The molecule has 168 valence electrons. The van der Waals surface area contributed by atoms with E-state index in [4.69, 9.17) is 10.7 Å². The second kappa shape index (κ2) is 11.7. The van der Waals surface area contributed by atoms with E-state index in [0.29, 0.717) is 24.6 Å². The quantitative estimate of drug-likeness (QED) is 0.334. The molecule has 9 heteroatoms. The fourth-order valence-corrected chi connectivity index (χ4v) is 4.25. The molecule has 3 N–H and O–H groups in total. The number of rotatable bonds is 6. The molecular weight excluding hydrogens is 503 g/mol. The number of piperidine rings is 1. The Bertz CT molecular complexity index is 748. The lowest BCUT2D eigenvalue weighted by atomic mass is 9.95. The number of anilines is 1. The largest absolute Gasteiger partial charge is 0.371 e. The van der Waals surface area contributed by atoms with Gasteiger partial charge in [0.1, 0.15) is 0 Å². The summed E-state index contributed by atoms with van der Waals surface area (Å²) in [5.74, 6) is -0.354. The summed E-state index contributed by atoms with van der Waals surface area (Å²) in [4.78, 5) is 20.4. The maximum Gasteiger partial charge on any atom is 0.217 e. The van der Waals surface area contributed by atoms with Crippen LogP contribution in [0.2, 0.25) is 0 Å². The lowest BCUT2D eigenvalue weighted by molar-refractivity contribution is -0.119. The molecule has 2 atom stereocenters. The molecule has 1 amide bonds. The van der Waals surface area contributed by atoms with Crippen molar-refractivity contribution in [1.82, 2.24) is 10.2 Å². The SMILES string of the molecule is CCNC(=NCC1CCN(c2ccc(F)c(F)c2)C1)N1CCCC(CC(N)=O)C1.I. The number of guanidine groups is 1. The van der Waals surface area contributed by atoms with Crippen LogP contribution in [-0.4, -0.2) is 56.0 Å². The third kappa shape index (κ3) is 6.68. The lowest BCUT2D eigenvalue weighted by Crippen LogP contribution is -2.47. The Morgan fingerprint density at radius 3 is 2.70 bits per heavy atom. The number of amides is 1. The zero-order chi connectivity index (χ0) is 20.8. The van der Waals surface area contributed by atoms with Crippen molar-refractivity contribution >= 4 is 41.5 Å². The van der Waals surface area contributed by atoms with Gasteiger partial charge in [0.15, 0.2) is 17.6 Å². The number of primary amides is 1. The van der Waals surface area contributed by atoms with Gasteiger partial charge in [-0.2, -0.15) is 0 Å². The molecule has 3 rings (SSSR count). The van der Waals surface area contributed by atoms with E-state index >= 15 is 0 Å². The summed E-state index contributed by atoms with van der Waals surface area (Å²) >= 11 is 0. The van der Waals surface area contributed by atoms with Crippen LogP contribution in [0.15, 0.2) is 23.2 Å². The zero-order valence-corrected chi connectivity index (χ0v) is 19.8. The average Bonchev–Trinajstić information content (AvgIpc) is 3.16. The van der Waals surface area contributed by atoms with Gasteiger partial charge in [0.05, 0.1) is 0 Å². The van der Waals surface area contributed by atoms with Crippen LogP contribution in [0.5, 0.6) is 0 Å². The molecule has 30 heavy (non-hydrogen) atoms. The Kier molecular flexibility index (Phi) is 9.57. The minimum absolute atomic E-state index is 0. The first kappa shape index (κ1) is 24.6. The first-order valence-electron chi connectivity index (χ1n) is 10.5. The predicted octanol–water partition coefficient (Wildman–Crippen LogP) is 2.96. The van der Waals surface area contributed by atoms with E-state index in [1.165, 1.54) is 12.1 Å². The molecule has 0 radical (unpaired) electrons. The molecule has 0 aromatic heterocycles. The van der Waals surface area contributed by atoms with Crippen LogP contribution in [0.25, 0.3) is 0 Å². The second-order valence-corrected chi connectivity index (χ2v) is 8.02. The van der Waals surface area contributed by atoms with E-state index in [-0.39, 0.29) is 35.8 Å². The Hall–Kier alpha value is -1.65. The summed E-state index contributed by atoms with van der Waals surface area (Å²) in [6.07, 6.45) is 3.42. The molecule has 0 spiro atoms. The van der Waals surface area contributed by atoms with Gasteiger partial charge < -0.3 is 20.9 Å². The molecule has 2 aliphatic heterocycles. The van der Waals surface area contributed by atoms with Crippen LogP contribution < -0.4 is 16.0 Å². The molecule has 1 aromatic rings. The molecular formula is C21H32F2IN5O. The summed E-state index contributed by atoms with van der Waals surface area (Å²) in [6.45, 7) is 6.80. The normalized spacial score (nSPS) is 22.0. The van der Waals surface area contributed by atoms with Crippen LogP contribution in [-0.2, 0) is 4.79 Å². The van der Waals surface area contributed by atoms with Gasteiger partial charge in [-0.15, -0.1) is 24.0 Å². The summed E-state index contributed by atoms with van der Waals surface area (Å²) in [6, 6.07) is 4.07. The van der Waals surface area contributed by atoms with Crippen molar-refractivity contribution in [1.29, 1.82) is 0 Å². The standard InChI is InChI=1S/C21H31F2N5O.HI/c1-2-25-21(28-8-3-4-15(13-28)10-20(24)29)26-12-16-7-9-27(14-16)17-5-6-18(22)19(23)11-17;/h5-6,11,15-16H,2-4,7-10,12-14H2,1H3,(H2,24,29)(H,25,26);1H. The molecule has 0 aliphatic carbocycles. The first-order chi connectivity index (χ1) is 14.0. The van der Waals surface area contributed by atoms with Crippen LogP contribution in [0.3, 0.4) is 0 Å². The van der Waals surface area contributed by atoms with Crippen molar-refractivity contribution in [2.75, 3.05) is 44.2 Å². The number of hydrogen-bond acceptors (Lipinski definition) is 3. The molecule has 2 unspecified atom stereocenters. The maximum absolute atomic E-state index is 13.5. The minimum Gasteiger partial charge on any atom is -0.371 e. The number of nitrogens with zero attached hydrogens (tertiary/aromatic N) is 3. The van der Waals surface area contributed by atoms with Gasteiger partial charge in [-0.3, -0.25) is 9.79 Å². The van der Waals surface area contributed by atoms with Crippen LogP contribution in [0, 0.1) is 23.5 Å². The molecule has 6 nitrogen and oxygen atoms in total. The highest BCUT2D eigenvalue weighted by Crippen LogP contribution is 2.26. The summed E-state index contributed by atoms with van der Waals surface area (Å²) in [5, 5.41) is 3.36. The van der Waals surface area contributed by atoms with Gasteiger partial charge in [0.2, 0.25) is 5.91 Å². The molecule has 0 saturated carbocycles. The number of likely N-dealkylation sites (tertiary alicyclic amines) is 1. The molecule has 0 bridgehead atoms. The number of aliphatic imine (C=N–C) groups is 1. The van der Waals surface area contributed by atoms with Crippen molar-refractivity contribution in [3.8, 4) is 0 Å². The Balaban J connectivity index is 0.00000320. The van der Waals surface area contributed by atoms with Crippen LogP contribution in [0.1, 0.15) is 32.6 Å². The molecule has 2 aliphatic rings. The molecule has 2 saturated heterocycles. The third-order valence-electron chi connectivity index (χ3n) is 5.70. The highest BCUT2D eigenvalue weighted by atomic mass is 127. The van der Waals surface area contributed by atoms with Gasteiger partial charge in [-0.05, 0) is 50.2 Å². The highest BCUT2D eigenvalue weighted by Gasteiger charge is 2.26. The van der Waals surface area contributed by atoms with Crippen LogP contribution >= 0.6 is 24.0 Å². The summed E-state index contributed by atoms with van der Waals surface area (Å²) in [5.41, 5.74) is 6.09.